The van der Waals surface area contributed by atoms with E-state index in [1.165, 1.54) is 0 Å². The van der Waals surface area contributed by atoms with Crippen LogP contribution < -0.4 is 0 Å². The van der Waals surface area contributed by atoms with Gasteiger partial charge in [-0.2, -0.15) is 21.0 Å². The molecule has 0 radical (unpaired) electrons. The van der Waals surface area contributed by atoms with E-state index in [1.807, 2.05) is 0 Å². The molecule has 518 valence electrons. The number of nitrogens with zero attached hydrogens (tertiary/aromatic N) is 6. The van der Waals surface area contributed by atoms with Crippen molar-refractivity contribution in [2.75, 3.05) is 0 Å². The molecule has 0 aliphatic heterocycles. The molecule has 0 N–H and O–H groups in total. The average molecular weight is 1650 g/mol. The molecular weight excluding hydrogens is 1640 g/mol. The van der Waals surface area contributed by atoms with Crippen molar-refractivity contribution in [3.8, 4) is 24.3 Å². The van der Waals surface area contributed by atoms with Gasteiger partial charge in [-0.05, 0) is 16.7 Å². The molecule has 0 aromatic heterocycles. The van der Waals surface area contributed by atoms with E-state index < -0.39 is 283 Å². The third-order valence-electron chi connectivity index (χ3n) is 12.5. The zero-order valence-corrected chi connectivity index (χ0v) is 49.6. The SMILES string of the molecule is O=C([O][Bi]([O]C(=O)c1cc(C(F)(F)F)cc(C(F)(F)F)c1)[O]C(=O)c1cc(C(F)(F)F)cc(C(F)(F)F)c1)c1cc(C(F)(F)F)cc(C(F)(F)F)c1.[C-]#[N+]C(=C1C(=C(C#N)c2c(F)c(F)c(C#N)c(F)c2F)C1=C(C#N)c1c(F)c(F)c([N+]#[C-])c(F)c1F)c1c(F)c(F)c(C#N)c(F)c1F. The average Bonchev–Trinajstić information content (AvgIpc) is 1.54. The summed E-state index contributed by atoms with van der Waals surface area (Å²) in [5.74, 6) is -36.9. The Morgan fingerprint density at radius 2 is 0.580 bits per heavy atom. The summed E-state index contributed by atoms with van der Waals surface area (Å²) < 4.78 is 430. The summed E-state index contributed by atoms with van der Waals surface area (Å²) in [7, 11) is 0. The van der Waals surface area contributed by atoms with Crippen LogP contribution in [0, 0.1) is 128 Å². The summed E-state index contributed by atoms with van der Waals surface area (Å²) in [4.78, 5) is 43.0. The number of rotatable bonds is 9. The van der Waals surface area contributed by atoms with Crippen LogP contribution in [0.5, 0.6) is 0 Å². The van der Waals surface area contributed by atoms with Crippen molar-refractivity contribution in [3.05, 3.63) is 242 Å². The van der Waals surface area contributed by atoms with Crippen LogP contribution in [0.4, 0.5) is 137 Å². The first-order valence-corrected chi connectivity index (χ1v) is 28.7. The number of allylic oxidation sites excluding steroid dienone is 5. The number of hydrogen-bond donors (Lipinski definition) is 0. The van der Waals surface area contributed by atoms with E-state index in [4.69, 9.17) is 23.7 Å². The number of carbonyl (C=O) groups excluding carboxylic acids is 3. The topological polar surface area (TPSA) is 183 Å². The molecule has 0 unspecified atom stereocenters. The summed E-state index contributed by atoms with van der Waals surface area (Å²) in [5, 5.41) is 37.3. The van der Waals surface area contributed by atoms with Crippen molar-refractivity contribution in [2.45, 2.75) is 37.1 Å². The monoisotopic (exact) mass is 1650 g/mol. The minimum Gasteiger partial charge on any atom is -0.237 e. The first-order chi connectivity index (χ1) is 45.9. The second kappa shape index (κ2) is 27.9. The molecule has 6 aromatic carbocycles. The number of alkyl halides is 18. The predicted octanol–water partition coefficient (Wildman–Crippen LogP) is 17.9. The van der Waals surface area contributed by atoms with Crippen LogP contribution in [0.15, 0.2) is 71.3 Å². The molecule has 0 spiro atoms. The van der Waals surface area contributed by atoms with Crippen LogP contribution in [0.3, 0.4) is 0 Å². The molecule has 6 aromatic rings. The number of benzene rings is 6. The second-order valence-electron chi connectivity index (χ2n) is 18.6. The Bertz CT molecular complexity index is 4230. The first-order valence-electron chi connectivity index (χ1n) is 24.4. The minimum atomic E-state index is -6.36. The zero-order chi connectivity index (χ0) is 76.1. The normalized spacial score (nSPS) is 14.0. The first kappa shape index (κ1) is 77.7. The van der Waals surface area contributed by atoms with Crippen molar-refractivity contribution >= 4 is 63.5 Å². The standard InChI is InChI=1S/C30F12N6.3C9H4F6O2.Bi/c1-47-29(16-25(39)19(33)10(6-46)20(34)26(16)40)15-11(7(3-43)13-21(35)17(31)9(5-45)18(32)22(13)36)12(15)8(4-44)14-23(37)27(41)30(48-2)28(42)24(14)38;3*10-8(11,12)5-1-4(7(16)17)2-6(3-5)9(13,14)15;/h;3*1-3H,(H,16,17);/q;;;;+3/p-3. The van der Waals surface area contributed by atoms with E-state index >= 15 is 26.3 Å². The van der Waals surface area contributed by atoms with E-state index in [1.54, 1.807) is 0 Å². The van der Waals surface area contributed by atoms with Crippen LogP contribution in [-0.2, 0) is 45.5 Å². The summed E-state index contributed by atoms with van der Waals surface area (Å²) in [6.07, 6.45) is -33.7. The molecule has 0 heterocycles. The van der Waals surface area contributed by atoms with E-state index in [0.29, 0.717) is 0 Å². The van der Waals surface area contributed by atoms with Gasteiger partial charge in [0.15, 0.2) is 69.8 Å². The van der Waals surface area contributed by atoms with E-state index in [2.05, 4.69) is 18.1 Å². The van der Waals surface area contributed by atoms with Crippen molar-refractivity contribution in [1.82, 2.24) is 0 Å². The number of nitriles is 4. The Labute approximate surface area is 540 Å². The van der Waals surface area contributed by atoms with Crippen LogP contribution in [0.2, 0.25) is 0 Å². The molecule has 43 heteroatoms. The fourth-order valence-corrected chi connectivity index (χ4v) is 11.3. The largest absolute Gasteiger partial charge is 0.262 e. The molecule has 0 bridgehead atoms. The van der Waals surface area contributed by atoms with Crippen LogP contribution >= 0.6 is 0 Å². The third kappa shape index (κ3) is 15.5. The van der Waals surface area contributed by atoms with Gasteiger partial charge in [-0.25, -0.2) is 62.4 Å². The summed E-state index contributed by atoms with van der Waals surface area (Å²) in [6, 6.07) is 0.0893. The molecule has 0 saturated heterocycles. The Kier molecular flexibility index (Phi) is 21.7. The van der Waals surface area contributed by atoms with E-state index in [9.17, 15) is 130 Å². The van der Waals surface area contributed by atoms with Crippen LogP contribution in [0.25, 0.3) is 26.5 Å². The van der Waals surface area contributed by atoms with Gasteiger partial charge < -0.3 is 0 Å². The van der Waals surface area contributed by atoms with E-state index in [0.717, 1.165) is 24.3 Å². The molecular formula is C57H9BiF30N6O6. The van der Waals surface area contributed by atoms with Crippen molar-refractivity contribution in [1.29, 1.82) is 21.0 Å². The van der Waals surface area contributed by atoms with Gasteiger partial charge >= 0.3 is 285 Å². The molecule has 1 fully saturated rings. The van der Waals surface area contributed by atoms with Gasteiger partial charge in [0.2, 0.25) is 5.70 Å². The maximum atomic E-state index is 15.0. The maximum absolute atomic E-state index is 15.0. The Morgan fingerprint density at radius 1 is 0.350 bits per heavy atom. The van der Waals surface area contributed by atoms with Gasteiger partial charge in [0.1, 0.15) is 35.4 Å². The Balaban J connectivity index is 0.000000316. The molecule has 1 aliphatic carbocycles. The molecule has 100 heavy (non-hydrogen) atoms. The second-order valence-corrected chi connectivity index (χ2v) is 22.5. The van der Waals surface area contributed by atoms with Gasteiger partial charge in [-0.1, -0.05) is 0 Å². The Hall–Kier alpha value is -11.3. The van der Waals surface area contributed by atoms with Gasteiger partial charge in [0, 0.05) is 0 Å². The molecule has 0 atom stereocenters. The van der Waals surface area contributed by atoms with Gasteiger partial charge in [-0.15, -0.1) is 0 Å². The van der Waals surface area contributed by atoms with Crippen molar-refractivity contribution in [2.24, 2.45) is 0 Å². The fourth-order valence-electron chi connectivity index (χ4n) is 8.09. The maximum Gasteiger partial charge on any atom is 0.262 e. The molecule has 7 rings (SSSR count). The summed E-state index contributed by atoms with van der Waals surface area (Å²) >= 11 is -6.36. The minimum absolute atomic E-state index is 0.312. The van der Waals surface area contributed by atoms with Gasteiger partial charge in [-0.3, -0.25) is 0 Å². The fraction of sp³-hybridized carbons (Fsp3) is 0.105. The predicted molar refractivity (Wildman–Crippen MR) is 264 cm³/mol. The van der Waals surface area contributed by atoms with E-state index in [-0.39, 0.29) is 36.4 Å². The summed E-state index contributed by atoms with van der Waals surface area (Å²) in [5.41, 5.74) is -39.6. The van der Waals surface area contributed by atoms with Crippen LogP contribution in [-0.4, -0.2) is 41.0 Å². The molecule has 12 nitrogen and oxygen atoms in total. The summed E-state index contributed by atoms with van der Waals surface area (Å²) in [6.45, 7) is 14.1. The quantitative estimate of drug-likeness (QED) is 0.0444. The van der Waals surface area contributed by atoms with Crippen molar-refractivity contribution in [3.63, 3.8) is 0 Å². The van der Waals surface area contributed by atoms with Gasteiger partial charge in [0.25, 0.3) is 5.69 Å². The smallest absolute Gasteiger partial charge is 0.237 e. The number of carbonyl (C=O) groups is 3. The third-order valence-corrected chi connectivity index (χ3v) is 16.2. The molecule has 0 amide bonds. The van der Waals surface area contributed by atoms with Crippen LogP contribution in [0.1, 0.15) is 92.3 Å². The molecule has 1 aliphatic rings. The van der Waals surface area contributed by atoms with Crippen molar-refractivity contribution < 1.29 is 155 Å². The molecule has 1 saturated carbocycles. The number of hydrogen-bond acceptors (Lipinski definition) is 10. The number of halogens is 30. The zero-order valence-electron chi connectivity index (χ0n) is 46.1. The Morgan fingerprint density at radius 3 is 0.780 bits per heavy atom. The van der Waals surface area contributed by atoms with Gasteiger partial charge in [0.05, 0.1) is 41.0 Å².